The van der Waals surface area contributed by atoms with Gasteiger partial charge in [0.05, 0.1) is 16.2 Å². The molecule has 1 fully saturated rings. The van der Waals surface area contributed by atoms with Gasteiger partial charge in [-0.25, -0.2) is 9.97 Å². The number of aromatic nitrogens is 2. The van der Waals surface area contributed by atoms with Crippen molar-refractivity contribution in [2.24, 2.45) is 0 Å². The Kier molecular flexibility index (Phi) is 4.86. The maximum Gasteiger partial charge on any atom is 0.149 e. The van der Waals surface area contributed by atoms with Crippen molar-refractivity contribution in [1.82, 2.24) is 14.9 Å². The highest BCUT2D eigenvalue weighted by molar-refractivity contribution is 9.10. The quantitative estimate of drug-likeness (QED) is 0.922. The summed E-state index contributed by atoms with van der Waals surface area (Å²) in [6, 6.07) is 0.327. The van der Waals surface area contributed by atoms with E-state index < -0.39 is 0 Å². The van der Waals surface area contributed by atoms with Gasteiger partial charge in [-0.05, 0) is 36.8 Å². The van der Waals surface area contributed by atoms with Gasteiger partial charge in [0.25, 0.3) is 0 Å². The summed E-state index contributed by atoms with van der Waals surface area (Å²) in [6.45, 7) is 6.06. The molecule has 2 heterocycles. The van der Waals surface area contributed by atoms with Crippen molar-refractivity contribution >= 4 is 33.5 Å². The molecule has 2 rings (SSSR count). The minimum atomic E-state index is 0.327. The number of nitrogens with zero attached hydrogens (tertiary/aromatic N) is 3. The zero-order valence-corrected chi connectivity index (χ0v) is 13.4. The molecule has 0 aliphatic carbocycles. The molecule has 0 radical (unpaired) electrons. The van der Waals surface area contributed by atoms with Crippen molar-refractivity contribution in [1.29, 1.82) is 0 Å². The lowest BCUT2D eigenvalue weighted by atomic mass is 10.2. The SMILES string of the molecule is CCNc1nc(C2CSCCN2C)nc(C)c1Br. The van der Waals surface area contributed by atoms with E-state index in [9.17, 15) is 0 Å². The molecule has 0 saturated carbocycles. The van der Waals surface area contributed by atoms with Gasteiger partial charge in [-0.15, -0.1) is 0 Å². The lowest BCUT2D eigenvalue weighted by Gasteiger charge is -2.31. The van der Waals surface area contributed by atoms with Gasteiger partial charge in [-0.1, -0.05) is 0 Å². The van der Waals surface area contributed by atoms with Crippen LogP contribution in [0.4, 0.5) is 5.82 Å². The van der Waals surface area contributed by atoms with Crippen LogP contribution < -0.4 is 5.32 Å². The topological polar surface area (TPSA) is 41.1 Å². The smallest absolute Gasteiger partial charge is 0.149 e. The number of anilines is 1. The second-order valence-corrected chi connectivity index (χ2v) is 6.37. The highest BCUT2D eigenvalue weighted by atomic mass is 79.9. The lowest BCUT2D eigenvalue weighted by Crippen LogP contribution is -2.34. The van der Waals surface area contributed by atoms with Crippen molar-refractivity contribution in [3.63, 3.8) is 0 Å². The molecule has 0 spiro atoms. The predicted molar refractivity (Wildman–Crippen MR) is 81.3 cm³/mol. The zero-order valence-electron chi connectivity index (χ0n) is 11.0. The van der Waals surface area contributed by atoms with Crippen LogP contribution in [0, 0.1) is 6.92 Å². The van der Waals surface area contributed by atoms with Crippen LogP contribution in [-0.4, -0.2) is 46.5 Å². The van der Waals surface area contributed by atoms with Crippen LogP contribution in [0.2, 0.25) is 0 Å². The number of nitrogens with one attached hydrogen (secondary N) is 1. The third kappa shape index (κ3) is 2.97. The fourth-order valence-electron chi connectivity index (χ4n) is 1.97. The van der Waals surface area contributed by atoms with E-state index in [1.54, 1.807) is 0 Å². The Bertz CT molecular complexity index is 427. The molecule has 1 N–H and O–H groups in total. The summed E-state index contributed by atoms with van der Waals surface area (Å²) in [6.07, 6.45) is 0. The summed E-state index contributed by atoms with van der Waals surface area (Å²) in [5, 5.41) is 3.29. The number of halogens is 1. The third-order valence-corrected chi connectivity index (χ3v) is 5.04. The molecular formula is C12H19BrN4S. The molecule has 100 valence electrons. The van der Waals surface area contributed by atoms with Gasteiger partial charge in [0.1, 0.15) is 11.6 Å². The predicted octanol–water partition coefficient (Wildman–Crippen LogP) is 2.70. The Hall–Kier alpha value is -0.330. The van der Waals surface area contributed by atoms with E-state index in [4.69, 9.17) is 0 Å². The molecule has 1 aromatic heterocycles. The molecule has 18 heavy (non-hydrogen) atoms. The molecule has 4 nitrogen and oxygen atoms in total. The summed E-state index contributed by atoms with van der Waals surface area (Å²) in [5.74, 6) is 4.11. The van der Waals surface area contributed by atoms with Crippen molar-refractivity contribution in [3.05, 3.63) is 16.0 Å². The van der Waals surface area contributed by atoms with Gasteiger partial charge in [0, 0.05) is 24.6 Å². The third-order valence-electron chi connectivity index (χ3n) is 3.07. The maximum absolute atomic E-state index is 4.67. The summed E-state index contributed by atoms with van der Waals surface area (Å²) in [4.78, 5) is 11.7. The first-order valence-electron chi connectivity index (χ1n) is 6.19. The Morgan fingerprint density at radius 1 is 1.50 bits per heavy atom. The van der Waals surface area contributed by atoms with Crippen LogP contribution in [0.25, 0.3) is 0 Å². The Morgan fingerprint density at radius 2 is 2.28 bits per heavy atom. The number of rotatable bonds is 3. The van der Waals surface area contributed by atoms with Crippen LogP contribution in [-0.2, 0) is 0 Å². The van der Waals surface area contributed by atoms with Gasteiger partial charge < -0.3 is 5.32 Å². The second-order valence-electron chi connectivity index (χ2n) is 4.43. The van der Waals surface area contributed by atoms with Crippen molar-refractivity contribution < 1.29 is 0 Å². The standard InChI is InChI=1S/C12H19BrN4S/c1-4-14-12-10(13)8(2)15-11(16-12)9-7-18-6-5-17(9)3/h9H,4-7H2,1-3H3,(H,14,15,16). The van der Waals surface area contributed by atoms with Crippen LogP contribution in [0.3, 0.4) is 0 Å². The van der Waals surface area contributed by atoms with Crippen molar-refractivity contribution in [3.8, 4) is 0 Å². The van der Waals surface area contributed by atoms with Gasteiger partial charge in [0.15, 0.2) is 0 Å². The van der Waals surface area contributed by atoms with E-state index in [0.29, 0.717) is 6.04 Å². The van der Waals surface area contributed by atoms with Crippen LogP contribution in [0.5, 0.6) is 0 Å². The molecule has 6 heteroatoms. The van der Waals surface area contributed by atoms with Crippen LogP contribution >= 0.6 is 27.7 Å². The minimum absolute atomic E-state index is 0.327. The average molecular weight is 331 g/mol. The zero-order chi connectivity index (χ0) is 13.1. The number of thioether (sulfide) groups is 1. The summed E-state index contributed by atoms with van der Waals surface area (Å²) in [7, 11) is 2.15. The van der Waals surface area contributed by atoms with E-state index in [0.717, 1.165) is 40.7 Å². The van der Waals surface area contributed by atoms with Crippen molar-refractivity contribution in [2.45, 2.75) is 19.9 Å². The fourth-order valence-corrected chi connectivity index (χ4v) is 3.50. The maximum atomic E-state index is 4.67. The normalized spacial score (nSPS) is 21.0. The van der Waals surface area contributed by atoms with Gasteiger partial charge in [0.2, 0.25) is 0 Å². The average Bonchev–Trinajstić information content (AvgIpc) is 2.35. The first kappa shape index (κ1) is 14.1. The van der Waals surface area contributed by atoms with Crippen LogP contribution in [0.1, 0.15) is 24.5 Å². The van der Waals surface area contributed by atoms with E-state index >= 15 is 0 Å². The molecule has 1 atom stereocenters. The van der Waals surface area contributed by atoms with Gasteiger partial charge in [-0.2, -0.15) is 11.8 Å². The molecule has 1 aromatic rings. The van der Waals surface area contributed by atoms with E-state index in [1.807, 2.05) is 18.7 Å². The lowest BCUT2D eigenvalue weighted by molar-refractivity contribution is 0.264. The van der Waals surface area contributed by atoms with E-state index in [2.05, 4.69) is 50.1 Å². The molecule has 0 aromatic carbocycles. The molecule has 0 amide bonds. The van der Waals surface area contributed by atoms with E-state index in [1.165, 1.54) is 5.75 Å². The molecule has 1 aliphatic heterocycles. The molecule has 1 saturated heterocycles. The highest BCUT2D eigenvalue weighted by Crippen LogP contribution is 2.30. The summed E-state index contributed by atoms with van der Waals surface area (Å²) >= 11 is 5.53. The summed E-state index contributed by atoms with van der Waals surface area (Å²) in [5.41, 5.74) is 1.000. The number of hydrogen-bond donors (Lipinski definition) is 1. The summed E-state index contributed by atoms with van der Waals surface area (Å²) < 4.78 is 0.971. The Labute approximate surface area is 121 Å². The molecule has 1 unspecified atom stereocenters. The number of hydrogen-bond acceptors (Lipinski definition) is 5. The van der Waals surface area contributed by atoms with E-state index in [-0.39, 0.29) is 0 Å². The fraction of sp³-hybridized carbons (Fsp3) is 0.667. The number of aryl methyl sites for hydroxylation is 1. The van der Waals surface area contributed by atoms with Gasteiger partial charge >= 0.3 is 0 Å². The monoisotopic (exact) mass is 330 g/mol. The van der Waals surface area contributed by atoms with Gasteiger partial charge in [-0.3, -0.25) is 4.90 Å². The highest BCUT2D eigenvalue weighted by Gasteiger charge is 2.25. The molecular weight excluding hydrogens is 312 g/mol. The Morgan fingerprint density at radius 3 is 2.94 bits per heavy atom. The second kappa shape index (κ2) is 6.21. The van der Waals surface area contributed by atoms with Crippen LogP contribution in [0.15, 0.2) is 4.47 Å². The van der Waals surface area contributed by atoms with Crippen molar-refractivity contribution in [2.75, 3.05) is 37.0 Å². The molecule has 0 bridgehead atoms. The molecule has 1 aliphatic rings. The minimum Gasteiger partial charge on any atom is -0.369 e. The first-order chi connectivity index (χ1) is 8.63. The largest absolute Gasteiger partial charge is 0.369 e. The Balaban J connectivity index is 2.32. The first-order valence-corrected chi connectivity index (χ1v) is 8.14.